The Kier molecular flexibility index (Phi) is 5.36. The molecule has 1 heterocycles. The van der Waals surface area contributed by atoms with Crippen molar-refractivity contribution in [3.8, 4) is 5.75 Å². The van der Waals surface area contributed by atoms with Gasteiger partial charge in [-0.3, -0.25) is 4.31 Å². The molecule has 0 fully saturated rings. The Hall–Kier alpha value is -2.29. The molecule has 3 rings (SSSR count). The first kappa shape index (κ1) is 18.5. The first-order chi connectivity index (χ1) is 12.5. The van der Waals surface area contributed by atoms with Crippen LogP contribution in [0.3, 0.4) is 0 Å². The number of likely N-dealkylation sites (N-methyl/N-ethyl adjacent to an activating group) is 1. The SMILES string of the molecule is CNC[C@@H](O)CCN1c2ccccc2N(c2cccc(OC)c2)S1(=O)=O. The van der Waals surface area contributed by atoms with Gasteiger partial charge in [-0.1, -0.05) is 18.2 Å². The van der Waals surface area contributed by atoms with E-state index in [1.54, 1.807) is 62.7 Å². The van der Waals surface area contributed by atoms with Crippen molar-refractivity contribution in [3.05, 3.63) is 48.5 Å². The second-order valence-corrected chi connectivity index (χ2v) is 7.74. The van der Waals surface area contributed by atoms with Crippen LogP contribution in [0.25, 0.3) is 0 Å². The minimum atomic E-state index is -3.80. The highest BCUT2D eigenvalue weighted by atomic mass is 32.2. The molecule has 0 saturated carbocycles. The van der Waals surface area contributed by atoms with Crippen LogP contribution >= 0.6 is 0 Å². The minimum absolute atomic E-state index is 0.197. The number of hydrogen-bond acceptors (Lipinski definition) is 5. The molecule has 0 radical (unpaired) electrons. The molecule has 2 N–H and O–H groups in total. The van der Waals surface area contributed by atoms with Gasteiger partial charge in [0.25, 0.3) is 0 Å². The zero-order valence-electron chi connectivity index (χ0n) is 14.8. The maximum absolute atomic E-state index is 13.2. The van der Waals surface area contributed by atoms with E-state index in [0.717, 1.165) is 0 Å². The smallest absolute Gasteiger partial charge is 0.330 e. The summed E-state index contributed by atoms with van der Waals surface area (Å²) < 4.78 is 34.4. The van der Waals surface area contributed by atoms with Crippen molar-refractivity contribution < 1.29 is 18.3 Å². The van der Waals surface area contributed by atoms with E-state index in [1.807, 2.05) is 0 Å². The monoisotopic (exact) mass is 377 g/mol. The van der Waals surface area contributed by atoms with Crippen LogP contribution in [-0.4, -0.2) is 46.9 Å². The summed E-state index contributed by atoms with van der Waals surface area (Å²) in [4.78, 5) is 0. The van der Waals surface area contributed by atoms with Crippen LogP contribution in [0.1, 0.15) is 6.42 Å². The zero-order chi connectivity index (χ0) is 18.7. The lowest BCUT2D eigenvalue weighted by atomic mass is 10.2. The summed E-state index contributed by atoms with van der Waals surface area (Å²) in [5.41, 5.74) is 1.70. The van der Waals surface area contributed by atoms with Gasteiger partial charge in [-0.2, -0.15) is 8.42 Å². The molecule has 0 aromatic heterocycles. The van der Waals surface area contributed by atoms with E-state index in [1.165, 1.54) is 8.61 Å². The summed E-state index contributed by atoms with van der Waals surface area (Å²) in [5.74, 6) is 0.582. The van der Waals surface area contributed by atoms with Gasteiger partial charge in [0.15, 0.2) is 0 Å². The predicted octanol–water partition coefficient (Wildman–Crippen LogP) is 1.87. The number of aliphatic hydroxyl groups is 1. The van der Waals surface area contributed by atoms with Gasteiger partial charge in [0, 0.05) is 19.2 Å². The first-order valence-electron chi connectivity index (χ1n) is 8.37. The molecule has 0 bridgehead atoms. The van der Waals surface area contributed by atoms with Crippen LogP contribution in [0, 0.1) is 0 Å². The fraction of sp³-hybridized carbons (Fsp3) is 0.333. The summed E-state index contributed by atoms with van der Waals surface area (Å²) in [5, 5.41) is 12.9. The van der Waals surface area contributed by atoms with E-state index in [2.05, 4.69) is 5.32 Å². The summed E-state index contributed by atoms with van der Waals surface area (Å²) in [6, 6.07) is 14.1. The number of methoxy groups -OCH3 is 1. The Bertz CT molecular complexity index is 872. The van der Waals surface area contributed by atoms with Crippen molar-refractivity contribution in [2.45, 2.75) is 12.5 Å². The Morgan fingerprint density at radius 1 is 1.15 bits per heavy atom. The molecular weight excluding hydrogens is 354 g/mol. The Labute approximate surface area is 154 Å². The first-order valence-corrected chi connectivity index (χ1v) is 9.77. The van der Waals surface area contributed by atoms with Crippen molar-refractivity contribution in [2.24, 2.45) is 0 Å². The molecule has 140 valence electrons. The number of nitrogens with one attached hydrogen (secondary N) is 1. The number of ether oxygens (including phenoxy) is 1. The lowest BCUT2D eigenvalue weighted by molar-refractivity contribution is 0.167. The standard InChI is InChI=1S/C18H23N3O4S/c1-19-13-15(22)10-11-20-17-8-3-4-9-18(17)21(26(20,23)24)14-6-5-7-16(12-14)25-2/h3-9,12,15,19,22H,10-11,13H2,1-2H3/t15-/m0/s1. The Morgan fingerprint density at radius 2 is 1.88 bits per heavy atom. The quantitative estimate of drug-likeness (QED) is 0.770. The molecule has 0 saturated heterocycles. The van der Waals surface area contributed by atoms with Gasteiger partial charge in [0.1, 0.15) is 5.75 Å². The summed E-state index contributed by atoms with van der Waals surface area (Å²) >= 11 is 0. The van der Waals surface area contributed by atoms with Crippen molar-refractivity contribution in [1.29, 1.82) is 0 Å². The van der Waals surface area contributed by atoms with E-state index in [9.17, 15) is 13.5 Å². The maximum atomic E-state index is 13.2. The lowest BCUT2D eigenvalue weighted by Gasteiger charge is -2.23. The van der Waals surface area contributed by atoms with Crippen molar-refractivity contribution in [1.82, 2.24) is 5.32 Å². The average molecular weight is 377 g/mol. The number of para-hydroxylation sites is 2. The summed E-state index contributed by atoms with van der Waals surface area (Å²) in [7, 11) is -0.508. The molecule has 8 heteroatoms. The molecule has 0 amide bonds. The zero-order valence-corrected chi connectivity index (χ0v) is 15.6. The molecule has 26 heavy (non-hydrogen) atoms. The van der Waals surface area contributed by atoms with Crippen molar-refractivity contribution in [2.75, 3.05) is 35.9 Å². The van der Waals surface area contributed by atoms with Crippen LogP contribution in [0.2, 0.25) is 0 Å². The topological polar surface area (TPSA) is 82.1 Å². The highest BCUT2D eigenvalue weighted by molar-refractivity contribution is 7.95. The van der Waals surface area contributed by atoms with Gasteiger partial charge in [-0.05, 0) is 37.7 Å². The summed E-state index contributed by atoms with van der Waals surface area (Å²) in [6.07, 6.45) is -0.284. The van der Waals surface area contributed by atoms with E-state index in [-0.39, 0.29) is 6.54 Å². The molecule has 0 spiro atoms. The van der Waals surface area contributed by atoms with Crippen LogP contribution in [-0.2, 0) is 10.2 Å². The number of anilines is 3. The number of hydrogen-bond donors (Lipinski definition) is 2. The molecule has 2 aromatic carbocycles. The molecule has 1 atom stereocenters. The molecule has 1 aliphatic heterocycles. The number of fused-ring (bicyclic) bond motifs is 1. The summed E-state index contributed by atoms with van der Waals surface area (Å²) in [6.45, 7) is 0.609. The highest BCUT2D eigenvalue weighted by Crippen LogP contribution is 2.45. The van der Waals surface area contributed by atoms with E-state index in [0.29, 0.717) is 35.8 Å². The molecule has 2 aromatic rings. The fourth-order valence-corrected chi connectivity index (χ4v) is 4.76. The van der Waals surface area contributed by atoms with Gasteiger partial charge >= 0.3 is 10.2 Å². The van der Waals surface area contributed by atoms with Crippen LogP contribution in [0.4, 0.5) is 17.1 Å². The maximum Gasteiger partial charge on any atom is 0.330 e. The third-order valence-corrected chi connectivity index (χ3v) is 6.08. The van der Waals surface area contributed by atoms with E-state index in [4.69, 9.17) is 4.74 Å². The largest absolute Gasteiger partial charge is 0.497 e. The van der Waals surface area contributed by atoms with Crippen molar-refractivity contribution >= 4 is 27.3 Å². The Balaban J connectivity index is 1.99. The number of rotatable bonds is 7. The predicted molar refractivity (Wildman–Crippen MR) is 102 cm³/mol. The van der Waals surface area contributed by atoms with Crippen LogP contribution < -0.4 is 18.7 Å². The van der Waals surface area contributed by atoms with E-state index >= 15 is 0 Å². The highest BCUT2D eigenvalue weighted by Gasteiger charge is 2.41. The lowest BCUT2D eigenvalue weighted by Crippen LogP contribution is -2.38. The van der Waals surface area contributed by atoms with Gasteiger partial charge in [-0.25, -0.2) is 4.31 Å². The second-order valence-electron chi connectivity index (χ2n) is 6.03. The van der Waals surface area contributed by atoms with Gasteiger partial charge in [0.2, 0.25) is 0 Å². The van der Waals surface area contributed by atoms with Gasteiger partial charge in [-0.15, -0.1) is 0 Å². The molecular formula is C18H23N3O4S. The molecule has 1 aliphatic rings. The number of aliphatic hydroxyl groups excluding tert-OH is 1. The Morgan fingerprint density at radius 3 is 2.58 bits per heavy atom. The number of benzene rings is 2. The fourth-order valence-electron chi connectivity index (χ4n) is 3.04. The third kappa shape index (κ3) is 3.35. The van der Waals surface area contributed by atoms with Gasteiger partial charge in [0.05, 0.1) is 30.3 Å². The molecule has 0 aliphatic carbocycles. The van der Waals surface area contributed by atoms with Gasteiger partial charge < -0.3 is 15.2 Å². The molecule has 0 unspecified atom stereocenters. The average Bonchev–Trinajstić information content (AvgIpc) is 2.86. The molecule has 7 nitrogen and oxygen atoms in total. The van der Waals surface area contributed by atoms with Crippen molar-refractivity contribution in [3.63, 3.8) is 0 Å². The third-order valence-electron chi connectivity index (χ3n) is 4.27. The van der Waals surface area contributed by atoms with Crippen LogP contribution in [0.5, 0.6) is 5.75 Å². The van der Waals surface area contributed by atoms with Crippen LogP contribution in [0.15, 0.2) is 48.5 Å². The number of nitrogens with zero attached hydrogens (tertiary/aromatic N) is 2. The second kappa shape index (κ2) is 7.53. The van der Waals surface area contributed by atoms with E-state index < -0.39 is 16.3 Å². The normalized spacial score (nSPS) is 16.4. The minimum Gasteiger partial charge on any atom is -0.497 e.